The first-order valence-corrected chi connectivity index (χ1v) is 8.79. The molecule has 0 radical (unpaired) electrons. The fourth-order valence-electron chi connectivity index (χ4n) is 3.45. The molecule has 0 bridgehead atoms. The van der Waals surface area contributed by atoms with Crippen LogP contribution in [-0.4, -0.2) is 34.9 Å². The molecule has 4 heteroatoms. The fraction of sp³-hybridized carbons (Fsp3) is 0.562. The average molecular weight is 290 g/mol. The third-order valence-electron chi connectivity index (χ3n) is 4.50. The molecule has 1 aromatic rings. The molecule has 1 atom stereocenters. The van der Waals surface area contributed by atoms with E-state index in [-0.39, 0.29) is 11.7 Å². The largest absolute Gasteiger partial charge is 0.320 e. The molecule has 3 nitrogen and oxygen atoms in total. The van der Waals surface area contributed by atoms with Crippen LogP contribution in [0.25, 0.3) is 0 Å². The maximum atomic E-state index is 12.9. The monoisotopic (exact) mass is 290 g/mol. The van der Waals surface area contributed by atoms with Crippen LogP contribution in [0.4, 0.5) is 0 Å². The van der Waals surface area contributed by atoms with Gasteiger partial charge in [0.1, 0.15) is 6.17 Å². The first-order chi connectivity index (χ1) is 9.77. The van der Waals surface area contributed by atoms with E-state index < -0.39 is 0 Å². The van der Waals surface area contributed by atoms with Crippen LogP contribution in [0, 0.1) is 0 Å². The zero-order valence-corrected chi connectivity index (χ0v) is 12.8. The van der Waals surface area contributed by atoms with Crippen molar-refractivity contribution in [3.63, 3.8) is 0 Å². The lowest BCUT2D eigenvalue weighted by Crippen LogP contribution is -2.44. The Labute approximate surface area is 125 Å². The van der Waals surface area contributed by atoms with E-state index >= 15 is 0 Å². The van der Waals surface area contributed by atoms with Crippen LogP contribution in [-0.2, 0) is 4.79 Å². The highest BCUT2D eigenvalue weighted by Crippen LogP contribution is 2.40. The molecule has 108 valence electrons. The second kappa shape index (κ2) is 5.78. The van der Waals surface area contributed by atoms with Crippen molar-refractivity contribution in [2.75, 3.05) is 18.6 Å². The maximum absolute atomic E-state index is 12.9. The lowest BCUT2D eigenvalue weighted by atomic mass is 9.98. The summed E-state index contributed by atoms with van der Waals surface area (Å²) in [5, 5.41) is 3.66. The van der Waals surface area contributed by atoms with E-state index in [1.165, 1.54) is 5.56 Å². The zero-order chi connectivity index (χ0) is 14.0. The summed E-state index contributed by atoms with van der Waals surface area (Å²) in [4.78, 5) is 14.9. The first kappa shape index (κ1) is 14.0. The molecule has 1 spiro atoms. The van der Waals surface area contributed by atoms with Crippen molar-refractivity contribution in [3.8, 4) is 0 Å². The Morgan fingerprint density at radius 1 is 1.30 bits per heavy atom. The molecule has 2 aliphatic rings. The van der Waals surface area contributed by atoms with Gasteiger partial charge in [-0.2, -0.15) is 11.8 Å². The van der Waals surface area contributed by atoms with E-state index in [4.69, 9.17) is 0 Å². The van der Waals surface area contributed by atoms with E-state index in [1.807, 2.05) is 18.2 Å². The Balaban J connectivity index is 1.88. The van der Waals surface area contributed by atoms with Crippen LogP contribution in [0.2, 0.25) is 0 Å². The standard InChI is InChI=1S/C16H22N2OS/c1-20-12-11-18-14(13-7-3-2-4-8-13)17-16(15(18)19)9-5-6-10-16/h2-4,7-8,14,17H,5-6,9-12H2,1H3. The Kier molecular flexibility index (Phi) is 4.03. The van der Waals surface area contributed by atoms with Crippen molar-refractivity contribution >= 4 is 17.7 Å². The van der Waals surface area contributed by atoms with Crippen molar-refractivity contribution < 1.29 is 4.79 Å². The normalized spacial score (nSPS) is 24.8. The molecule has 1 aliphatic carbocycles. The van der Waals surface area contributed by atoms with Crippen LogP contribution in [0.3, 0.4) is 0 Å². The smallest absolute Gasteiger partial charge is 0.244 e. The number of nitrogens with zero attached hydrogens (tertiary/aromatic N) is 1. The fourth-order valence-corrected chi connectivity index (χ4v) is 3.83. The van der Waals surface area contributed by atoms with Crippen LogP contribution in [0.15, 0.2) is 30.3 Å². The van der Waals surface area contributed by atoms with E-state index in [1.54, 1.807) is 11.8 Å². The quantitative estimate of drug-likeness (QED) is 0.925. The molecular weight excluding hydrogens is 268 g/mol. The van der Waals surface area contributed by atoms with Gasteiger partial charge in [-0.1, -0.05) is 43.2 Å². The van der Waals surface area contributed by atoms with Gasteiger partial charge < -0.3 is 4.90 Å². The molecule has 3 rings (SSSR count). The van der Waals surface area contributed by atoms with Crippen LogP contribution < -0.4 is 5.32 Å². The van der Waals surface area contributed by atoms with Crippen LogP contribution >= 0.6 is 11.8 Å². The Morgan fingerprint density at radius 2 is 2.00 bits per heavy atom. The lowest BCUT2D eigenvalue weighted by Gasteiger charge is -2.24. The molecule has 1 aromatic carbocycles. The van der Waals surface area contributed by atoms with Gasteiger partial charge in [-0.25, -0.2) is 0 Å². The third-order valence-corrected chi connectivity index (χ3v) is 5.09. The summed E-state index contributed by atoms with van der Waals surface area (Å²) in [6.07, 6.45) is 6.45. The second-order valence-corrected chi connectivity index (χ2v) is 6.72. The van der Waals surface area contributed by atoms with Crippen molar-refractivity contribution in [1.82, 2.24) is 10.2 Å². The number of thioether (sulfide) groups is 1. The number of carbonyl (C=O) groups is 1. The predicted molar refractivity (Wildman–Crippen MR) is 83.6 cm³/mol. The van der Waals surface area contributed by atoms with Gasteiger partial charge in [0.25, 0.3) is 0 Å². The molecule has 20 heavy (non-hydrogen) atoms. The first-order valence-electron chi connectivity index (χ1n) is 7.39. The molecule has 1 saturated heterocycles. The van der Waals surface area contributed by atoms with E-state index in [9.17, 15) is 4.79 Å². The predicted octanol–water partition coefficient (Wildman–Crippen LogP) is 2.79. The number of hydrogen-bond donors (Lipinski definition) is 1. The summed E-state index contributed by atoms with van der Waals surface area (Å²) in [6, 6.07) is 10.4. The molecule has 1 amide bonds. The van der Waals surface area contributed by atoms with E-state index in [0.717, 1.165) is 38.0 Å². The van der Waals surface area contributed by atoms with Crippen molar-refractivity contribution in [2.45, 2.75) is 37.4 Å². The molecule has 1 unspecified atom stereocenters. The number of nitrogens with one attached hydrogen (secondary N) is 1. The third kappa shape index (κ3) is 2.35. The van der Waals surface area contributed by atoms with Gasteiger partial charge in [-0.15, -0.1) is 0 Å². The highest BCUT2D eigenvalue weighted by molar-refractivity contribution is 7.98. The molecule has 2 fully saturated rings. The minimum Gasteiger partial charge on any atom is -0.320 e. The molecular formula is C16H22N2OS. The summed E-state index contributed by atoms with van der Waals surface area (Å²) >= 11 is 1.80. The highest BCUT2D eigenvalue weighted by Gasteiger charge is 2.52. The minimum atomic E-state index is -0.279. The second-order valence-electron chi connectivity index (χ2n) is 5.74. The number of benzene rings is 1. The van der Waals surface area contributed by atoms with Gasteiger partial charge in [0.2, 0.25) is 5.91 Å². The number of hydrogen-bond acceptors (Lipinski definition) is 3. The highest BCUT2D eigenvalue weighted by atomic mass is 32.2. The lowest BCUT2D eigenvalue weighted by molar-refractivity contribution is -0.133. The summed E-state index contributed by atoms with van der Waals surface area (Å²) in [5.74, 6) is 1.31. The molecule has 1 aliphatic heterocycles. The molecule has 1 N–H and O–H groups in total. The number of carbonyl (C=O) groups excluding carboxylic acids is 1. The Bertz CT molecular complexity index is 471. The SMILES string of the molecule is CSCCN1C(=O)C2(CCCC2)NC1c1ccccc1. The average Bonchev–Trinajstić information content (AvgIpc) is 3.06. The van der Waals surface area contributed by atoms with Gasteiger partial charge >= 0.3 is 0 Å². The van der Waals surface area contributed by atoms with Crippen LogP contribution in [0.1, 0.15) is 37.4 Å². The van der Waals surface area contributed by atoms with Gasteiger partial charge in [0.15, 0.2) is 0 Å². The number of amides is 1. The Hall–Kier alpha value is -1.00. The van der Waals surface area contributed by atoms with Gasteiger partial charge in [0.05, 0.1) is 5.54 Å². The van der Waals surface area contributed by atoms with Gasteiger partial charge in [-0.3, -0.25) is 10.1 Å². The zero-order valence-electron chi connectivity index (χ0n) is 12.0. The van der Waals surface area contributed by atoms with Gasteiger partial charge in [-0.05, 0) is 24.7 Å². The molecule has 1 heterocycles. The van der Waals surface area contributed by atoms with E-state index in [2.05, 4.69) is 28.6 Å². The van der Waals surface area contributed by atoms with Crippen molar-refractivity contribution in [3.05, 3.63) is 35.9 Å². The Morgan fingerprint density at radius 3 is 2.65 bits per heavy atom. The van der Waals surface area contributed by atoms with Gasteiger partial charge in [0, 0.05) is 12.3 Å². The molecule has 0 aromatic heterocycles. The summed E-state index contributed by atoms with van der Waals surface area (Å²) < 4.78 is 0. The topological polar surface area (TPSA) is 32.3 Å². The maximum Gasteiger partial charge on any atom is 0.244 e. The summed E-state index contributed by atoms with van der Waals surface area (Å²) in [5.41, 5.74) is 0.921. The summed E-state index contributed by atoms with van der Waals surface area (Å²) in [6.45, 7) is 0.828. The number of rotatable bonds is 4. The van der Waals surface area contributed by atoms with Crippen molar-refractivity contribution in [2.24, 2.45) is 0 Å². The molecule has 1 saturated carbocycles. The van der Waals surface area contributed by atoms with Crippen molar-refractivity contribution in [1.29, 1.82) is 0 Å². The van der Waals surface area contributed by atoms with Crippen LogP contribution in [0.5, 0.6) is 0 Å². The summed E-state index contributed by atoms with van der Waals surface area (Å²) in [7, 11) is 0. The van der Waals surface area contributed by atoms with E-state index in [0.29, 0.717) is 5.91 Å². The minimum absolute atomic E-state index is 0.0500.